The van der Waals surface area contributed by atoms with Crippen molar-refractivity contribution in [2.24, 2.45) is 5.73 Å². The van der Waals surface area contributed by atoms with Crippen LogP contribution in [0, 0.1) is 11.2 Å². The Hall–Kier alpha value is -3.83. The fraction of sp³-hybridized carbons (Fsp3) is 0.143. The number of halogens is 1. The lowest BCUT2D eigenvalue weighted by atomic mass is 9.72. The van der Waals surface area contributed by atoms with Crippen molar-refractivity contribution >= 4 is 11.8 Å². The minimum absolute atomic E-state index is 0.191. The van der Waals surface area contributed by atoms with Gasteiger partial charge < -0.3 is 16.1 Å². The van der Waals surface area contributed by atoms with Gasteiger partial charge in [-0.1, -0.05) is 54.6 Å². The highest BCUT2D eigenvalue weighted by Crippen LogP contribution is 2.39. The number of benzene rings is 3. The van der Waals surface area contributed by atoms with E-state index >= 15 is 0 Å². The van der Waals surface area contributed by atoms with Crippen molar-refractivity contribution in [3.63, 3.8) is 0 Å². The highest BCUT2D eigenvalue weighted by atomic mass is 19.1. The number of rotatable bonds is 6. The lowest BCUT2D eigenvalue weighted by Crippen LogP contribution is -2.43. The van der Waals surface area contributed by atoms with Gasteiger partial charge in [-0.05, 0) is 66.8 Å². The van der Waals surface area contributed by atoms with E-state index in [2.05, 4.69) is 29.2 Å². The quantitative estimate of drug-likeness (QED) is 0.310. The summed E-state index contributed by atoms with van der Waals surface area (Å²) in [5.41, 5.74) is 12.2. The molecule has 1 aromatic heterocycles. The minimum atomic E-state index is -0.317. The topological polar surface area (TPSA) is 78.6 Å². The molecule has 0 saturated heterocycles. The van der Waals surface area contributed by atoms with Gasteiger partial charge in [0.15, 0.2) is 0 Å². The van der Waals surface area contributed by atoms with Crippen LogP contribution in [0.2, 0.25) is 0 Å². The van der Waals surface area contributed by atoms with Gasteiger partial charge in [0.25, 0.3) is 0 Å². The predicted octanol–water partition coefficient (Wildman–Crippen LogP) is 6.30. The van der Waals surface area contributed by atoms with E-state index in [9.17, 15) is 4.39 Å². The molecule has 5 heteroatoms. The average Bonchev–Trinajstić information content (AvgIpc) is 3.26. The summed E-state index contributed by atoms with van der Waals surface area (Å²) >= 11 is 0. The number of allylic oxidation sites excluding steroid dienone is 1. The summed E-state index contributed by atoms with van der Waals surface area (Å²) in [5.74, 6) is 0.330. The summed E-state index contributed by atoms with van der Waals surface area (Å²) in [6.07, 6.45) is 6.68. The van der Waals surface area contributed by atoms with Gasteiger partial charge in [-0.25, -0.2) is 9.37 Å². The van der Waals surface area contributed by atoms with Crippen molar-refractivity contribution in [1.82, 2.24) is 9.97 Å². The van der Waals surface area contributed by atoms with E-state index in [1.807, 2.05) is 30.3 Å². The average molecular weight is 437 g/mol. The zero-order valence-electron chi connectivity index (χ0n) is 18.2. The number of aromatic nitrogens is 2. The zero-order chi connectivity index (χ0) is 22.8. The second kappa shape index (κ2) is 8.60. The van der Waals surface area contributed by atoms with Crippen LogP contribution in [0.3, 0.4) is 0 Å². The van der Waals surface area contributed by atoms with Crippen LogP contribution in [0.1, 0.15) is 36.2 Å². The first-order chi connectivity index (χ1) is 16.0. The molecule has 5 rings (SSSR count). The molecule has 0 radical (unpaired) electrons. The lowest BCUT2D eigenvalue weighted by molar-refractivity contribution is 0.253. The molecule has 0 atom stereocenters. The molecule has 1 aliphatic carbocycles. The summed E-state index contributed by atoms with van der Waals surface area (Å²) in [7, 11) is 0. The second-order valence-corrected chi connectivity index (χ2v) is 8.55. The van der Waals surface area contributed by atoms with E-state index < -0.39 is 0 Å². The molecule has 3 aromatic carbocycles. The third-order valence-electron chi connectivity index (χ3n) is 6.33. The number of nitrogens with one attached hydrogen (secondary N) is 2. The zero-order valence-corrected chi connectivity index (χ0v) is 18.2. The fourth-order valence-electron chi connectivity index (χ4n) is 4.19. The molecule has 0 spiro atoms. The van der Waals surface area contributed by atoms with Crippen molar-refractivity contribution in [3.05, 3.63) is 108 Å². The Morgan fingerprint density at radius 3 is 2.27 bits per heavy atom. The Kier molecular flexibility index (Phi) is 5.48. The maximum atomic E-state index is 13.2. The number of imidazole rings is 1. The van der Waals surface area contributed by atoms with Crippen molar-refractivity contribution in [2.45, 2.75) is 24.8 Å². The van der Waals surface area contributed by atoms with Gasteiger partial charge in [0.05, 0.1) is 17.1 Å². The number of nitrogens with two attached hydrogens (primary N) is 1. The molecule has 0 amide bonds. The Morgan fingerprint density at radius 2 is 1.64 bits per heavy atom. The number of hydrogen-bond donors (Lipinski definition) is 3. The van der Waals surface area contributed by atoms with Crippen molar-refractivity contribution in [1.29, 1.82) is 5.41 Å². The Bertz CT molecular complexity index is 1300. The largest absolute Gasteiger partial charge is 0.338 e. The van der Waals surface area contributed by atoms with Crippen molar-refractivity contribution < 1.29 is 4.39 Å². The molecule has 4 nitrogen and oxygen atoms in total. The molecule has 1 heterocycles. The molecule has 0 aliphatic heterocycles. The Morgan fingerprint density at radius 1 is 0.939 bits per heavy atom. The molecule has 1 saturated carbocycles. The van der Waals surface area contributed by atoms with Crippen LogP contribution in [0.4, 0.5) is 4.39 Å². The molecule has 1 aliphatic rings. The molecule has 1 fully saturated rings. The van der Waals surface area contributed by atoms with Crippen LogP contribution >= 0.6 is 0 Å². The van der Waals surface area contributed by atoms with Gasteiger partial charge in [-0.15, -0.1) is 0 Å². The van der Waals surface area contributed by atoms with Crippen molar-refractivity contribution in [3.8, 4) is 22.5 Å². The molecular formula is C28H25FN4. The molecule has 33 heavy (non-hydrogen) atoms. The molecule has 4 aromatic rings. The molecule has 0 bridgehead atoms. The van der Waals surface area contributed by atoms with Crippen LogP contribution in [0.5, 0.6) is 0 Å². The number of nitrogens with zero attached hydrogens (tertiary/aromatic N) is 1. The fourth-order valence-corrected chi connectivity index (χ4v) is 4.19. The van der Waals surface area contributed by atoms with Crippen LogP contribution in [-0.2, 0) is 5.54 Å². The maximum Gasteiger partial charge on any atom is 0.131 e. The van der Waals surface area contributed by atoms with Crippen LogP contribution in [-0.4, -0.2) is 15.7 Å². The normalized spacial score (nSPS) is 14.8. The Balaban J connectivity index is 1.48. The van der Waals surface area contributed by atoms with Gasteiger partial charge in [-0.3, -0.25) is 0 Å². The number of H-pyrrole nitrogens is 1. The van der Waals surface area contributed by atoms with E-state index in [1.165, 1.54) is 24.1 Å². The number of hydrogen-bond acceptors (Lipinski definition) is 3. The lowest BCUT2D eigenvalue weighted by Gasteiger charge is -2.38. The summed E-state index contributed by atoms with van der Waals surface area (Å²) in [4.78, 5) is 8.22. The van der Waals surface area contributed by atoms with Gasteiger partial charge in [-0.2, -0.15) is 0 Å². The van der Waals surface area contributed by atoms with E-state index in [0.717, 1.165) is 35.4 Å². The predicted molar refractivity (Wildman–Crippen MR) is 131 cm³/mol. The minimum Gasteiger partial charge on any atom is -0.338 e. The van der Waals surface area contributed by atoms with E-state index in [4.69, 9.17) is 16.1 Å². The molecule has 0 unspecified atom stereocenters. The maximum absolute atomic E-state index is 13.2. The monoisotopic (exact) mass is 436 g/mol. The van der Waals surface area contributed by atoms with E-state index in [-0.39, 0.29) is 17.1 Å². The van der Waals surface area contributed by atoms with Crippen LogP contribution in [0.25, 0.3) is 28.6 Å². The highest BCUT2D eigenvalue weighted by molar-refractivity contribution is 6.08. The van der Waals surface area contributed by atoms with Crippen LogP contribution < -0.4 is 5.73 Å². The highest BCUT2D eigenvalue weighted by Gasteiger charge is 2.34. The van der Waals surface area contributed by atoms with Crippen LogP contribution in [0.15, 0.2) is 84.9 Å². The first-order valence-electron chi connectivity index (χ1n) is 11.1. The summed E-state index contributed by atoms with van der Waals surface area (Å²) < 4.78 is 13.2. The Labute approximate surface area is 192 Å². The van der Waals surface area contributed by atoms with Gasteiger partial charge >= 0.3 is 0 Å². The smallest absolute Gasteiger partial charge is 0.131 e. The number of aromatic amines is 1. The van der Waals surface area contributed by atoms with Gasteiger partial charge in [0.2, 0.25) is 0 Å². The summed E-state index contributed by atoms with van der Waals surface area (Å²) in [6, 6.07) is 24.4. The van der Waals surface area contributed by atoms with Crippen molar-refractivity contribution in [2.75, 3.05) is 0 Å². The SMILES string of the molecule is N=C(/C=C\c1nc(-c2ccccc2)c(-c2ccc(C3(N)CCC3)cc2)[nH]1)c1ccc(F)cc1. The van der Waals surface area contributed by atoms with E-state index in [1.54, 1.807) is 24.3 Å². The third-order valence-corrected chi connectivity index (χ3v) is 6.33. The van der Waals surface area contributed by atoms with Gasteiger partial charge in [0, 0.05) is 16.7 Å². The standard InChI is InChI=1S/C28H25FN4/c29-23-13-9-19(10-14-23)24(30)15-16-25-32-26(20-5-2-1-3-6-20)27(33-25)21-7-11-22(12-8-21)28(31)17-4-18-28/h1-3,5-16,30H,4,17-18,31H2,(H,32,33)/b16-15-,30-24?. The summed E-state index contributed by atoms with van der Waals surface area (Å²) in [6.45, 7) is 0. The summed E-state index contributed by atoms with van der Waals surface area (Å²) in [5, 5.41) is 8.28. The van der Waals surface area contributed by atoms with Gasteiger partial charge in [0.1, 0.15) is 11.6 Å². The molecule has 4 N–H and O–H groups in total. The second-order valence-electron chi connectivity index (χ2n) is 8.55. The van der Waals surface area contributed by atoms with E-state index in [0.29, 0.717) is 11.4 Å². The first kappa shape index (κ1) is 21.0. The molecule has 164 valence electrons. The first-order valence-corrected chi connectivity index (χ1v) is 11.1. The third kappa shape index (κ3) is 4.28. The molecular weight excluding hydrogens is 411 g/mol.